The molecule has 0 atom stereocenters. The fourth-order valence-electron chi connectivity index (χ4n) is 3.62. The predicted molar refractivity (Wildman–Crippen MR) is 106 cm³/mol. The topological polar surface area (TPSA) is 91.5 Å². The number of rotatable bonds is 6. The summed E-state index contributed by atoms with van der Waals surface area (Å²) in [5.41, 5.74) is 6.72. The minimum atomic E-state index is -3.84. The molecular formula is C21H21N2O4S. The Kier molecular flexibility index (Phi) is 4.51. The van der Waals surface area contributed by atoms with Crippen molar-refractivity contribution in [1.29, 1.82) is 0 Å². The van der Waals surface area contributed by atoms with Gasteiger partial charge in [-0.2, -0.15) is 0 Å². The lowest BCUT2D eigenvalue weighted by Gasteiger charge is -2.20. The van der Waals surface area contributed by atoms with Crippen molar-refractivity contribution in [3.8, 4) is 5.75 Å². The lowest BCUT2D eigenvalue weighted by molar-refractivity contribution is 0.170. The molecule has 28 heavy (non-hydrogen) atoms. The van der Waals surface area contributed by atoms with Gasteiger partial charge in [-0.25, -0.2) is 13.4 Å². The molecule has 0 unspecified atom stereocenters. The maximum absolute atomic E-state index is 13.7. The molecule has 0 saturated heterocycles. The highest BCUT2D eigenvalue weighted by molar-refractivity contribution is 7.91. The Hall–Kier alpha value is -2.64. The number of methoxy groups -OCH3 is 2. The van der Waals surface area contributed by atoms with E-state index in [9.17, 15) is 8.42 Å². The average Bonchev–Trinajstić information content (AvgIpc) is 3.47. The number of nitrogens with two attached hydrogens (primary N) is 1. The van der Waals surface area contributed by atoms with Crippen LogP contribution in [0.4, 0.5) is 5.82 Å². The van der Waals surface area contributed by atoms with E-state index >= 15 is 0 Å². The molecular weight excluding hydrogens is 376 g/mol. The SMILES string of the molecule is COCC1(c2c[c]c(OC)cc2S(=O)(=O)c2cccc3nc(N)ccc23)CC1. The maximum atomic E-state index is 13.7. The van der Waals surface area contributed by atoms with Gasteiger partial charge in [0, 0.05) is 30.0 Å². The monoisotopic (exact) mass is 397 g/mol. The van der Waals surface area contributed by atoms with E-state index in [4.69, 9.17) is 15.2 Å². The van der Waals surface area contributed by atoms with Gasteiger partial charge in [-0.1, -0.05) is 6.07 Å². The van der Waals surface area contributed by atoms with Gasteiger partial charge < -0.3 is 15.2 Å². The molecule has 7 heteroatoms. The van der Waals surface area contributed by atoms with Crippen molar-refractivity contribution in [2.75, 3.05) is 26.6 Å². The summed E-state index contributed by atoms with van der Waals surface area (Å²) in [7, 11) is -0.718. The molecule has 2 N–H and O–H groups in total. The van der Waals surface area contributed by atoms with E-state index in [-0.39, 0.29) is 15.2 Å². The van der Waals surface area contributed by atoms with Crippen LogP contribution in [-0.2, 0) is 20.0 Å². The van der Waals surface area contributed by atoms with Crippen LogP contribution in [0.15, 0.2) is 52.3 Å². The quantitative estimate of drug-likeness (QED) is 0.687. The summed E-state index contributed by atoms with van der Waals surface area (Å²) < 4.78 is 38.1. The second-order valence-corrected chi connectivity index (χ2v) is 8.94. The molecule has 1 radical (unpaired) electrons. The van der Waals surface area contributed by atoms with Crippen LogP contribution in [0.1, 0.15) is 18.4 Å². The van der Waals surface area contributed by atoms with Crippen molar-refractivity contribution < 1.29 is 17.9 Å². The zero-order valence-electron chi connectivity index (χ0n) is 15.7. The first-order valence-corrected chi connectivity index (χ1v) is 10.4. The highest BCUT2D eigenvalue weighted by atomic mass is 32.2. The zero-order chi connectivity index (χ0) is 19.9. The van der Waals surface area contributed by atoms with Crippen LogP contribution in [0.2, 0.25) is 0 Å². The van der Waals surface area contributed by atoms with Crippen LogP contribution in [0.5, 0.6) is 5.75 Å². The van der Waals surface area contributed by atoms with E-state index in [0.29, 0.717) is 29.1 Å². The van der Waals surface area contributed by atoms with Gasteiger partial charge in [-0.05, 0) is 48.7 Å². The Morgan fingerprint density at radius 1 is 1.18 bits per heavy atom. The minimum Gasteiger partial charge on any atom is -0.496 e. The van der Waals surface area contributed by atoms with Gasteiger partial charge in [0.05, 0.1) is 29.0 Å². The number of benzene rings is 2. The van der Waals surface area contributed by atoms with Gasteiger partial charge in [-0.3, -0.25) is 0 Å². The standard InChI is InChI=1S/C21H21N2O4S/c1-26-13-21(10-11-21)16-8-6-14(27-2)12-19(16)28(24,25)18-5-3-4-17-15(18)7-9-20(22)23-17/h3-5,7-9,12H,10-11,13H2,1-2H3,(H2,22,23). The average molecular weight is 397 g/mol. The van der Waals surface area contributed by atoms with Crippen molar-refractivity contribution in [1.82, 2.24) is 4.98 Å². The molecule has 1 aliphatic carbocycles. The number of sulfone groups is 1. The second kappa shape index (κ2) is 6.76. The Labute approximate surface area is 164 Å². The first kappa shape index (κ1) is 18.7. The highest BCUT2D eigenvalue weighted by Crippen LogP contribution is 2.51. The molecule has 2 aromatic carbocycles. The fourth-order valence-corrected chi connectivity index (χ4v) is 5.41. The lowest BCUT2D eigenvalue weighted by atomic mass is 9.97. The summed E-state index contributed by atoms with van der Waals surface area (Å²) in [4.78, 5) is 4.67. The van der Waals surface area contributed by atoms with E-state index < -0.39 is 9.84 Å². The van der Waals surface area contributed by atoms with Gasteiger partial charge >= 0.3 is 0 Å². The number of pyridine rings is 1. The number of aromatic nitrogens is 1. The maximum Gasteiger partial charge on any atom is 0.207 e. The molecule has 3 aromatic rings. The third-order valence-electron chi connectivity index (χ3n) is 5.24. The Bertz CT molecular complexity index is 1150. The van der Waals surface area contributed by atoms with Crippen LogP contribution in [0, 0.1) is 6.07 Å². The van der Waals surface area contributed by atoms with Crippen LogP contribution in [-0.4, -0.2) is 34.2 Å². The van der Waals surface area contributed by atoms with Crippen molar-refractivity contribution in [3.63, 3.8) is 0 Å². The van der Waals surface area contributed by atoms with Crippen LogP contribution in [0.3, 0.4) is 0 Å². The number of nitrogen functional groups attached to an aromatic ring is 1. The van der Waals surface area contributed by atoms with Crippen molar-refractivity contribution in [3.05, 3.63) is 54.1 Å². The summed E-state index contributed by atoms with van der Waals surface area (Å²) >= 11 is 0. The predicted octanol–water partition coefficient (Wildman–Crippen LogP) is 3.14. The van der Waals surface area contributed by atoms with Crippen LogP contribution >= 0.6 is 0 Å². The normalized spacial score (nSPS) is 15.5. The number of fused-ring (bicyclic) bond motifs is 1. The first-order valence-electron chi connectivity index (χ1n) is 8.91. The van der Waals surface area contributed by atoms with Gasteiger partial charge in [0.1, 0.15) is 11.6 Å². The Morgan fingerprint density at radius 2 is 1.96 bits per heavy atom. The van der Waals surface area contributed by atoms with Crippen molar-refractivity contribution in [2.45, 2.75) is 28.0 Å². The summed E-state index contributed by atoms with van der Waals surface area (Å²) in [5.74, 6) is 0.717. The van der Waals surface area contributed by atoms with E-state index in [1.54, 1.807) is 49.6 Å². The fraction of sp³-hybridized carbons (Fsp3) is 0.286. The molecule has 0 amide bonds. The van der Waals surface area contributed by atoms with Crippen molar-refractivity contribution >= 4 is 26.6 Å². The molecule has 0 aliphatic heterocycles. The lowest BCUT2D eigenvalue weighted by Crippen LogP contribution is -2.19. The smallest absolute Gasteiger partial charge is 0.207 e. The summed E-state index contributed by atoms with van der Waals surface area (Å²) in [5, 5.41) is 0.533. The van der Waals surface area contributed by atoms with E-state index in [2.05, 4.69) is 11.1 Å². The van der Waals surface area contributed by atoms with Crippen LogP contribution in [0.25, 0.3) is 10.9 Å². The zero-order valence-corrected chi connectivity index (χ0v) is 16.5. The molecule has 145 valence electrons. The summed E-state index contributed by atoms with van der Waals surface area (Å²) in [6.07, 6.45) is 1.74. The number of nitrogens with zero attached hydrogens (tertiary/aromatic N) is 1. The third kappa shape index (κ3) is 3.00. The number of hydrogen-bond acceptors (Lipinski definition) is 6. The van der Waals surface area contributed by atoms with Crippen molar-refractivity contribution in [2.24, 2.45) is 0 Å². The molecule has 4 rings (SSSR count). The molecule has 1 fully saturated rings. The first-order chi connectivity index (χ1) is 13.4. The Morgan fingerprint density at radius 3 is 2.64 bits per heavy atom. The second-order valence-electron chi connectivity index (χ2n) is 7.06. The summed E-state index contributed by atoms with van der Waals surface area (Å²) in [6.45, 7) is 0.462. The molecule has 0 bridgehead atoms. The third-order valence-corrected chi connectivity index (χ3v) is 7.10. The molecule has 1 saturated carbocycles. The minimum absolute atomic E-state index is 0.195. The Balaban J connectivity index is 1.96. The van der Waals surface area contributed by atoms with Gasteiger partial charge in [0.2, 0.25) is 9.84 Å². The van der Waals surface area contributed by atoms with E-state index in [0.717, 1.165) is 18.4 Å². The van der Waals surface area contributed by atoms with Crippen LogP contribution < -0.4 is 10.5 Å². The molecule has 1 heterocycles. The number of anilines is 1. The van der Waals surface area contributed by atoms with Gasteiger partial charge in [-0.15, -0.1) is 0 Å². The number of hydrogen-bond donors (Lipinski definition) is 1. The molecule has 6 nitrogen and oxygen atoms in total. The largest absolute Gasteiger partial charge is 0.496 e. The summed E-state index contributed by atoms with van der Waals surface area (Å²) in [6, 6.07) is 14.6. The highest BCUT2D eigenvalue weighted by Gasteiger charge is 2.47. The number of ether oxygens (including phenoxy) is 2. The van der Waals surface area contributed by atoms with Gasteiger partial charge in [0.25, 0.3) is 0 Å². The van der Waals surface area contributed by atoms with E-state index in [1.807, 2.05) is 0 Å². The molecule has 0 spiro atoms. The molecule has 1 aromatic heterocycles. The van der Waals surface area contributed by atoms with Gasteiger partial charge in [0.15, 0.2) is 0 Å². The molecule has 1 aliphatic rings. The van der Waals surface area contributed by atoms with E-state index in [1.165, 1.54) is 7.11 Å².